The number of nitrogens with one attached hydrogen (secondary N) is 2. The minimum Gasteiger partial charge on any atom is -0.391 e. The summed E-state index contributed by atoms with van der Waals surface area (Å²) in [6.07, 6.45) is 4.12. The number of aliphatic hydroxyl groups excluding tert-OH is 1. The molecule has 0 bridgehead atoms. The van der Waals surface area contributed by atoms with Gasteiger partial charge >= 0.3 is 11.8 Å². The van der Waals surface area contributed by atoms with Gasteiger partial charge in [0.05, 0.1) is 12.1 Å². The fourth-order valence-electron chi connectivity index (χ4n) is 3.89. The highest BCUT2D eigenvalue weighted by Gasteiger charge is 2.32. The number of aliphatic hydroxyl groups is 1. The van der Waals surface area contributed by atoms with Crippen LogP contribution >= 0.6 is 0 Å². The van der Waals surface area contributed by atoms with E-state index in [-0.39, 0.29) is 24.5 Å². The number of nitrogens with zero attached hydrogens (tertiary/aromatic N) is 2. The number of β-amino-alcohol motifs (C(OH)–C–C–N with tert-alkyl or cyclic N) is 1. The van der Waals surface area contributed by atoms with Crippen LogP contribution in [0.25, 0.3) is 0 Å². The first-order valence-electron chi connectivity index (χ1n) is 9.34. The molecule has 0 unspecified atom stereocenters. The molecule has 3 heterocycles. The van der Waals surface area contributed by atoms with Crippen LogP contribution in [-0.4, -0.2) is 83.5 Å². The molecule has 0 saturated carbocycles. The number of amides is 3. The molecule has 3 saturated heterocycles. The van der Waals surface area contributed by atoms with Gasteiger partial charge in [0.25, 0.3) is 0 Å². The molecular formula is C17H28N4O4. The van der Waals surface area contributed by atoms with Gasteiger partial charge in [0.2, 0.25) is 5.91 Å². The maximum absolute atomic E-state index is 12.4. The number of hydrogen-bond donors (Lipinski definition) is 3. The lowest BCUT2D eigenvalue weighted by molar-refractivity contribution is -0.148. The van der Waals surface area contributed by atoms with Gasteiger partial charge in [-0.1, -0.05) is 0 Å². The lowest BCUT2D eigenvalue weighted by Gasteiger charge is -2.34. The molecule has 0 spiro atoms. The van der Waals surface area contributed by atoms with Gasteiger partial charge in [0.1, 0.15) is 0 Å². The van der Waals surface area contributed by atoms with E-state index in [1.807, 2.05) is 4.90 Å². The molecule has 2 atom stereocenters. The summed E-state index contributed by atoms with van der Waals surface area (Å²) in [5, 5.41) is 15.6. The monoisotopic (exact) mass is 352 g/mol. The maximum atomic E-state index is 12.4. The van der Waals surface area contributed by atoms with E-state index in [4.69, 9.17) is 0 Å². The van der Waals surface area contributed by atoms with Crippen molar-refractivity contribution >= 4 is 17.7 Å². The van der Waals surface area contributed by atoms with E-state index in [0.717, 1.165) is 25.8 Å². The van der Waals surface area contributed by atoms with Gasteiger partial charge in [-0.05, 0) is 45.1 Å². The molecule has 140 valence electrons. The molecule has 3 amide bonds. The Morgan fingerprint density at radius 3 is 2.36 bits per heavy atom. The first kappa shape index (κ1) is 18.1. The van der Waals surface area contributed by atoms with E-state index in [1.54, 1.807) is 0 Å². The number of likely N-dealkylation sites (tertiary alicyclic amines) is 2. The van der Waals surface area contributed by atoms with E-state index in [1.165, 1.54) is 4.90 Å². The highest BCUT2D eigenvalue weighted by molar-refractivity contribution is 6.35. The Morgan fingerprint density at radius 2 is 1.72 bits per heavy atom. The van der Waals surface area contributed by atoms with Gasteiger partial charge in [0, 0.05) is 32.2 Å². The van der Waals surface area contributed by atoms with Crippen molar-refractivity contribution in [2.45, 2.75) is 56.7 Å². The SMILES string of the molecule is O=C(NC1CCN(C(=O)[C@@H]2CCCN2)CC1)C(=O)N1CCC[C@H](O)C1. The summed E-state index contributed by atoms with van der Waals surface area (Å²) >= 11 is 0. The quantitative estimate of drug-likeness (QED) is 0.544. The number of rotatable bonds is 2. The highest BCUT2D eigenvalue weighted by Crippen LogP contribution is 2.15. The molecule has 3 fully saturated rings. The molecule has 25 heavy (non-hydrogen) atoms. The Labute approximate surface area is 147 Å². The van der Waals surface area contributed by atoms with Crippen molar-refractivity contribution in [3.05, 3.63) is 0 Å². The van der Waals surface area contributed by atoms with E-state index in [2.05, 4.69) is 10.6 Å². The average molecular weight is 352 g/mol. The fraction of sp³-hybridized carbons (Fsp3) is 0.824. The number of carbonyl (C=O) groups excluding carboxylic acids is 3. The van der Waals surface area contributed by atoms with Crippen LogP contribution in [0.5, 0.6) is 0 Å². The summed E-state index contributed by atoms with van der Waals surface area (Å²) in [5.41, 5.74) is 0. The first-order valence-corrected chi connectivity index (χ1v) is 9.34. The molecule has 8 heteroatoms. The zero-order valence-corrected chi connectivity index (χ0v) is 14.6. The summed E-state index contributed by atoms with van der Waals surface area (Å²) in [4.78, 5) is 40.0. The second-order valence-corrected chi connectivity index (χ2v) is 7.27. The van der Waals surface area contributed by atoms with Crippen LogP contribution in [0.2, 0.25) is 0 Å². The van der Waals surface area contributed by atoms with Crippen molar-refractivity contribution in [2.75, 3.05) is 32.7 Å². The van der Waals surface area contributed by atoms with Crippen LogP contribution in [0.3, 0.4) is 0 Å². The molecule has 0 aromatic carbocycles. The molecule has 3 rings (SSSR count). The Balaban J connectivity index is 1.43. The van der Waals surface area contributed by atoms with Crippen LogP contribution in [0.15, 0.2) is 0 Å². The van der Waals surface area contributed by atoms with Gasteiger partial charge in [-0.3, -0.25) is 14.4 Å². The topological polar surface area (TPSA) is 102 Å². The Bertz CT molecular complexity index is 513. The van der Waals surface area contributed by atoms with E-state index >= 15 is 0 Å². The predicted octanol–water partition coefficient (Wildman–Crippen LogP) is -1.17. The van der Waals surface area contributed by atoms with Crippen LogP contribution in [0.1, 0.15) is 38.5 Å². The normalized spacial score (nSPS) is 28.0. The first-order chi connectivity index (χ1) is 12.0. The molecule has 0 aromatic heterocycles. The molecule has 0 aromatic rings. The second kappa shape index (κ2) is 8.14. The average Bonchev–Trinajstić information content (AvgIpc) is 3.15. The van der Waals surface area contributed by atoms with Crippen molar-refractivity contribution < 1.29 is 19.5 Å². The van der Waals surface area contributed by atoms with E-state index < -0.39 is 17.9 Å². The molecular weight excluding hydrogens is 324 g/mol. The molecule has 0 aliphatic carbocycles. The van der Waals surface area contributed by atoms with Gasteiger partial charge in [0.15, 0.2) is 0 Å². The van der Waals surface area contributed by atoms with Crippen LogP contribution in [-0.2, 0) is 14.4 Å². The minimum atomic E-state index is -0.601. The van der Waals surface area contributed by atoms with Gasteiger partial charge < -0.3 is 25.5 Å². The maximum Gasteiger partial charge on any atom is 0.311 e. The predicted molar refractivity (Wildman–Crippen MR) is 90.6 cm³/mol. The molecule has 3 aliphatic heterocycles. The fourth-order valence-corrected chi connectivity index (χ4v) is 3.89. The van der Waals surface area contributed by atoms with Crippen molar-refractivity contribution in [2.24, 2.45) is 0 Å². The van der Waals surface area contributed by atoms with Crippen molar-refractivity contribution in [1.82, 2.24) is 20.4 Å². The van der Waals surface area contributed by atoms with Gasteiger partial charge in [-0.15, -0.1) is 0 Å². The third kappa shape index (κ3) is 4.49. The summed E-state index contributed by atoms with van der Waals surface area (Å²) < 4.78 is 0. The smallest absolute Gasteiger partial charge is 0.311 e. The second-order valence-electron chi connectivity index (χ2n) is 7.27. The standard InChI is InChI=1S/C17H28N4O4/c22-13-3-2-8-21(11-13)17(25)15(23)19-12-5-9-20(10-6-12)16(24)14-4-1-7-18-14/h12-14,18,22H,1-11H2,(H,19,23)/t13-,14-/m0/s1. The molecule has 3 N–H and O–H groups in total. The van der Waals surface area contributed by atoms with Crippen LogP contribution < -0.4 is 10.6 Å². The summed E-state index contributed by atoms with van der Waals surface area (Å²) in [6.45, 7) is 2.87. The van der Waals surface area contributed by atoms with Crippen LogP contribution in [0, 0.1) is 0 Å². The van der Waals surface area contributed by atoms with Gasteiger partial charge in [-0.2, -0.15) is 0 Å². The number of hydrogen-bond acceptors (Lipinski definition) is 5. The lowest BCUT2D eigenvalue weighted by atomic mass is 10.0. The van der Waals surface area contributed by atoms with E-state index in [0.29, 0.717) is 38.9 Å². The summed E-state index contributed by atoms with van der Waals surface area (Å²) in [7, 11) is 0. The molecule has 8 nitrogen and oxygen atoms in total. The number of piperidine rings is 2. The largest absolute Gasteiger partial charge is 0.391 e. The summed E-state index contributed by atoms with van der Waals surface area (Å²) in [6, 6.07) is -0.134. The van der Waals surface area contributed by atoms with Crippen molar-refractivity contribution in [3.8, 4) is 0 Å². The van der Waals surface area contributed by atoms with Gasteiger partial charge in [-0.25, -0.2) is 0 Å². The Hall–Kier alpha value is -1.67. The zero-order valence-electron chi connectivity index (χ0n) is 14.6. The highest BCUT2D eigenvalue weighted by atomic mass is 16.3. The third-order valence-electron chi connectivity index (χ3n) is 5.38. The lowest BCUT2D eigenvalue weighted by Crippen LogP contribution is -2.54. The zero-order chi connectivity index (χ0) is 17.8. The third-order valence-corrected chi connectivity index (χ3v) is 5.38. The summed E-state index contributed by atoms with van der Waals surface area (Å²) in [5.74, 6) is -1.01. The minimum absolute atomic E-state index is 0.0572. The molecule has 0 radical (unpaired) electrons. The van der Waals surface area contributed by atoms with Crippen molar-refractivity contribution in [1.29, 1.82) is 0 Å². The van der Waals surface area contributed by atoms with Crippen molar-refractivity contribution in [3.63, 3.8) is 0 Å². The number of carbonyl (C=O) groups is 3. The Kier molecular flexibility index (Phi) is 5.90. The Morgan fingerprint density at radius 1 is 0.960 bits per heavy atom. The molecule has 3 aliphatic rings. The van der Waals surface area contributed by atoms with Crippen LogP contribution in [0.4, 0.5) is 0 Å². The van der Waals surface area contributed by atoms with E-state index in [9.17, 15) is 19.5 Å².